The highest BCUT2D eigenvalue weighted by molar-refractivity contribution is 5.51. The van der Waals surface area contributed by atoms with Gasteiger partial charge in [-0.05, 0) is 13.0 Å². The van der Waals surface area contributed by atoms with Gasteiger partial charge in [0.2, 0.25) is 0 Å². The van der Waals surface area contributed by atoms with Crippen LogP contribution in [-0.2, 0) is 11.3 Å². The van der Waals surface area contributed by atoms with Crippen LogP contribution in [0.3, 0.4) is 0 Å². The Balaban J connectivity index is 2.26. The first-order valence-corrected chi connectivity index (χ1v) is 4.29. The molecule has 0 bridgehead atoms. The van der Waals surface area contributed by atoms with E-state index in [0.717, 1.165) is 13.2 Å². The van der Waals surface area contributed by atoms with Crippen molar-refractivity contribution in [2.75, 3.05) is 11.9 Å². The summed E-state index contributed by atoms with van der Waals surface area (Å²) in [6.07, 6.45) is 0.303. The smallest absolute Gasteiger partial charge is 0.0741 e. The van der Waals surface area contributed by atoms with Gasteiger partial charge in [0.25, 0.3) is 0 Å². The van der Waals surface area contributed by atoms with Crippen LogP contribution in [0.5, 0.6) is 0 Å². The standard InChI is InChI=1S/C10H13NO/c1-8-6-11-10-5-3-2-4-9(10)7-12-8/h2-5,8,11H,6-7H2,1H3. The van der Waals surface area contributed by atoms with Gasteiger partial charge in [-0.1, -0.05) is 18.2 Å². The molecule has 1 aliphatic heterocycles. The van der Waals surface area contributed by atoms with E-state index < -0.39 is 0 Å². The molecule has 1 heterocycles. The van der Waals surface area contributed by atoms with Gasteiger partial charge in [-0.2, -0.15) is 0 Å². The van der Waals surface area contributed by atoms with Gasteiger partial charge >= 0.3 is 0 Å². The zero-order valence-electron chi connectivity index (χ0n) is 7.21. The number of benzene rings is 1. The van der Waals surface area contributed by atoms with E-state index in [0.29, 0.717) is 6.10 Å². The van der Waals surface area contributed by atoms with E-state index in [9.17, 15) is 0 Å². The Kier molecular flexibility index (Phi) is 2.00. The molecule has 1 unspecified atom stereocenters. The van der Waals surface area contributed by atoms with Crippen LogP contribution in [0.15, 0.2) is 24.3 Å². The van der Waals surface area contributed by atoms with Gasteiger partial charge in [0, 0.05) is 17.8 Å². The molecule has 0 aromatic heterocycles. The van der Waals surface area contributed by atoms with Crippen LogP contribution in [-0.4, -0.2) is 12.6 Å². The Morgan fingerprint density at radius 2 is 2.25 bits per heavy atom. The maximum atomic E-state index is 5.57. The van der Waals surface area contributed by atoms with Crippen molar-refractivity contribution in [3.8, 4) is 0 Å². The lowest BCUT2D eigenvalue weighted by Crippen LogP contribution is -2.15. The predicted octanol–water partition coefficient (Wildman–Crippen LogP) is 2.02. The van der Waals surface area contributed by atoms with Crippen molar-refractivity contribution < 1.29 is 4.74 Å². The summed E-state index contributed by atoms with van der Waals surface area (Å²) in [4.78, 5) is 0. The SMILES string of the molecule is CC1CNc2ccccc2CO1. The number of rotatable bonds is 0. The summed E-state index contributed by atoms with van der Waals surface area (Å²) in [6, 6.07) is 8.28. The first-order valence-electron chi connectivity index (χ1n) is 4.29. The second kappa shape index (κ2) is 3.15. The summed E-state index contributed by atoms with van der Waals surface area (Å²) >= 11 is 0. The molecule has 0 fully saturated rings. The quantitative estimate of drug-likeness (QED) is 0.631. The van der Waals surface area contributed by atoms with Crippen molar-refractivity contribution >= 4 is 5.69 Å². The molecule has 0 aliphatic carbocycles. The fraction of sp³-hybridized carbons (Fsp3) is 0.400. The first kappa shape index (κ1) is 7.62. The molecule has 1 N–H and O–H groups in total. The second-order valence-electron chi connectivity index (χ2n) is 3.16. The molecular weight excluding hydrogens is 150 g/mol. The van der Waals surface area contributed by atoms with Crippen molar-refractivity contribution in [1.29, 1.82) is 0 Å². The predicted molar refractivity (Wildman–Crippen MR) is 49.2 cm³/mol. The van der Waals surface area contributed by atoms with Crippen molar-refractivity contribution in [3.05, 3.63) is 29.8 Å². The van der Waals surface area contributed by atoms with Crippen molar-refractivity contribution in [3.63, 3.8) is 0 Å². The zero-order valence-corrected chi connectivity index (χ0v) is 7.21. The largest absolute Gasteiger partial charge is 0.382 e. The van der Waals surface area contributed by atoms with Crippen LogP contribution < -0.4 is 5.32 Å². The number of hydrogen-bond acceptors (Lipinski definition) is 2. The lowest BCUT2D eigenvalue weighted by molar-refractivity contribution is 0.0656. The average molecular weight is 163 g/mol. The van der Waals surface area contributed by atoms with Crippen molar-refractivity contribution in [2.24, 2.45) is 0 Å². The van der Waals surface area contributed by atoms with E-state index in [4.69, 9.17) is 4.74 Å². The summed E-state index contributed by atoms with van der Waals surface area (Å²) in [5.41, 5.74) is 2.46. The molecular formula is C10H13NO. The van der Waals surface area contributed by atoms with Gasteiger partial charge in [-0.15, -0.1) is 0 Å². The van der Waals surface area contributed by atoms with Crippen molar-refractivity contribution in [2.45, 2.75) is 19.6 Å². The van der Waals surface area contributed by atoms with E-state index in [2.05, 4.69) is 24.4 Å². The summed E-state index contributed by atoms with van der Waals surface area (Å²) in [7, 11) is 0. The van der Waals surface area contributed by atoms with E-state index in [1.54, 1.807) is 0 Å². The van der Waals surface area contributed by atoms with E-state index in [-0.39, 0.29) is 0 Å². The van der Waals surface area contributed by atoms with Gasteiger partial charge in [-0.25, -0.2) is 0 Å². The van der Waals surface area contributed by atoms with Crippen LogP contribution in [0.1, 0.15) is 12.5 Å². The van der Waals surface area contributed by atoms with Gasteiger partial charge in [0.05, 0.1) is 12.7 Å². The molecule has 0 spiro atoms. The summed E-state index contributed by atoms with van der Waals surface area (Å²) in [5, 5.41) is 3.35. The van der Waals surface area contributed by atoms with Gasteiger partial charge in [0.15, 0.2) is 0 Å². The van der Waals surface area contributed by atoms with Gasteiger partial charge in [0.1, 0.15) is 0 Å². The molecule has 1 aliphatic rings. The molecule has 64 valence electrons. The highest BCUT2D eigenvalue weighted by atomic mass is 16.5. The van der Waals surface area contributed by atoms with Gasteiger partial charge in [-0.3, -0.25) is 0 Å². The highest BCUT2D eigenvalue weighted by Crippen LogP contribution is 2.19. The molecule has 2 nitrogen and oxygen atoms in total. The van der Waals surface area contributed by atoms with Crippen LogP contribution in [0, 0.1) is 0 Å². The summed E-state index contributed by atoms with van der Waals surface area (Å²) in [5.74, 6) is 0. The maximum absolute atomic E-state index is 5.57. The summed E-state index contributed by atoms with van der Waals surface area (Å²) in [6.45, 7) is 3.71. The molecule has 1 aromatic carbocycles. The fourth-order valence-corrected chi connectivity index (χ4v) is 1.36. The molecule has 0 saturated heterocycles. The molecule has 1 atom stereocenters. The molecule has 2 rings (SSSR count). The Morgan fingerprint density at radius 1 is 1.42 bits per heavy atom. The van der Waals surface area contributed by atoms with Crippen LogP contribution >= 0.6 is 0 Å². The Morgan fingerprint density at radius 3 is 3.17 bits per heavy atom. The Bertz CT molecular complexity index is 245. The molecule has 1 aromatic rings. The van der Waals surface area contributed by atoms with E-state index in [1.165, 1.54) is 11.3 Å². The number of nitrogens with one attached hydrogen (secondary N) is 1. The second-order valence-corrected chi connectivity index (χ2v) is 3.16. The minimum atomic E-state index is 0.303. The third kappa shape index (κ3) is 1.43. The summed E-state index contributed by atoms with van der Waals surface area (Å²) < 4.78 is 5.57. The monoisotopic (exact) mass is 163 g/mol. The number of fused-ring (bicyclic) bond motifs is 1. The van der Waals surface area contributed by atoms with E-state index in [1.807, 2.05) is 12.1 Å². The topological polar surface area (TPSA) is 21.3 Å². The molecule has 12 heavy (non-hydrogen) atoms. The van der Waals surface area contributed by atoms with Crippen LogP contribution in [0.2, 0.25) is 0 Å². The lowest BCUT2D eigenvalue weighted by atomic mass is 10.2. The average Bonchev–Trinajstić information content (AvgIpc) is 2.29. The maximum Gasteiger partial charge on any atom is 0.0741 e. The third-order valence-corrected chi connectivity index (χ3v) is 2.12. The molecule has 0 saturated carbocycles. The minimum Gasteiger partial charge on any atom is -0.382 e. The minimum absolute atomic E-state index is 0.303. The lowest BCUT2D eigenvalue weighted by Gasteiger charge is -2.07. The van der Waals surface area contributed by atoms with Crippen LogP contribution in [0.25, 0.3) is 0 Å². The zero-order chi connectivity index (χ0) is 8.39. The fourth-order valence-electron chi connectivity index (χ4n) is 1.36. The number of para-hydroxylation sites is 1. The molecule has 0 amide bonds. The van der Waals surface area contributed by atoms with Gasteiger partial charge < -0.3 is 10.1 Å². The number of ether oxygens (including phenoxy) is 1. The number of anilines is 1. The van der Waals surface area contributed by atoms with Crippen molar-refractivity contribution in [1.82, 2.24) is 0 Å². The number of hydrogen-bond donors (Lipinski definition) is 1. The van der Waals surface area contributed by atoms with E-state index >= 15 is 0 Å². The Hall–Kier alpha value is -1.02. The third-order valence-electron chi connectivity index (χ3n) is 2.12. The molecule has 2 heteroatoms. The highest BCUT2D eigenvalue weighted by Gasteiger charge is 2.10. The first-order chi connectivity index (χ1) is 5.86. The van der Waals surface area contributed by atoms with Crippen LogP contribution in [0.4, 0.5) is 5.69 Å². The normalized spacial score (nSPS) is 22.2. The molecule has 0 radical (unpaired) electrons. The Labute approximate surface area is 72.5 Å².